The van der Waals surface area contributed by atoms with Crippen LogP contribution in [0.3, 0.4) is 0 Å². The molecule has 0 spiro atoms. The van der Waals surface area contributed by atoms with Gasteiger partial charge in [-0.1, -0.05) is 0 Å². The maximum absolute atomic E-state index is 10.4. The predicted molar refractivity (Wildman–Crippen MR) is 278 cm³/mol. The summed E-state index contributed by atoms with van der Waals surface area (Å²) >= 11 is 0. The SMILES string of the molecule is CCP([O-])([O-])([O-])CC.CCP([O-])([O-])([O-])CC.CCP([O-])([O-])([O-])CC.[C-]1=CC=CC1.[C-]1=CC=CC1.[C-]1=CC=CC1.[C-]1=CC=CC1.[C-]1=CC=CC1.[C-]1=CC=CC1.[C-]1=CC=CC1.[C-]1=CC=CC1.[C-]1=CC=CC1.[Co+2].[Co+2].[Co+2].[Co+2].[Co+2].[Co+2].[Co+2].[Co+2].[Co+2]. The van der Waals surface area contributed by atoms with Crippen molar-refractivity contribution >= 4 is 21.9 Å². The zero-order valence-electron chi connectivity index (χ0n) is 44.7. The van der Waals surface area contributed by atoms with Crippen molar-refractivity contribution in [3.8, 4) is 0 Å². The second-order valence-corrected chi connectivity index (χ2v) is 25.7. The minimum absolute atomic E-state index is 0. The Labute approximate surface area is 566 Å². The van der Waals surface area contributed by atoms with Gasteiger partial charge >= 0.3 is 295 Å². The van der Waals surface area contributed by atoms with E-state index in [9.17, 15) is 44.0 Å². The predicted octanol–water partition coefficient (Wildman–Crippen LogP) is 6.94. The molecule has 0 amide bonds. The molecular weight excluding hydrogens is 1450 g/mol. The largest absolute Gasteiger partial charge is 2.00 e. The van der Waals surface area contributed by atoms with Crippen LogP contribution in [0.15, 0.2) is 164 Å². The van der Waals surface area contributed by atoms with Crippen molar-refractivity contribution in [2.45, 2.75) is 99.3 Å². The van der Waals surface area contributed by atoms with Crippen molar-refractivity contribution in [1.29, 1.82) is 0 Å². The summed E-state index contributed by atoms with van der Waals surface area (Å²) in [6, 6.07) is 0. The van der Waals surface area contributed by atoms with E-state index in [1.54, 1.807) is 0 Å². The molecule has 21 heteroatoms. The topological polar surface area (TPSA) is 208 Å². The van der Waals surface area contributed by atoms with Crippen LogP contribution in [0, 0.1) is 54.7 Å². The van der Waals surface area contributed by atoms with Crippen molar-refractivity contribution in [3.63, 3.8) is 0 Å². The minimum Gasteiger partial charge on any atom is -0.273 e. The normalized spacial score (nSPS) is 15.5. The molecule has 0 bridgehead atoms. The summed E-state index contributed by atoms with van der Waals surface area (Å²) in [5.41, 5.74) is 0. The first-order valence-electron chi connectivity index (χ1n) is 23.2. The van der Waals surface area contributed by atoms with Crippen molar-refractivity contribution in [3.05, 3.63) is 219 Å². The van der Waals surface area contributed by atoms with Gasteiger partial charge in [-0.2, -0.15) is 54.7 Å². The summed E-state index contributed by atoms with van der Waals surface area (Å²) in [7, 11) is -14.6. The fourth-order valence-electron chi connectivity index (χ4n) is 3.73. The summed E-state index contributed by atoms with van der Waals surface area (Å²) in [5.74, 6) is 0. The molecule has 0 fully saturated rings. The van der Waals surface area contributed by atoms with Gasteiger partial charge in [0.2, 0.25) is 0 Å². The Hall–Kier alpha value is 0.808. The second kappa shape index (κ2) is 68.6. The van der Waals surface area contributed by atoms with Gasteiger partial charge in [0.15, 0.2) is 0 Å². The van der Waals surface area contributed by atoms with Gasteiger partial charge in [0.25, 0.3) is 0 Å². The van der Waals surface area contributed by atoms with Crippen LogP contribution in [0.5, 0.6) is 0 Å². The third kappa shape index (κ3) is 90.6. The maximum Gasteiger partial charge on any atom is 2.00 e. The third-order valence-corrected chi connectivity index (χ3v) is 16.3. The third-order valence-electron chi connectivity index (χ3n) is 8.94. The molecule has 0 aromatic heterocycles. The fourth-order valence-corrected chi connectivity index (χ4v) is 5.07. The van der Waals surface area contributed by atoms with Crippen LogP contribution in [0.2, 0.25) is 0 Å². The molecule has 453 valence electrons. The van der Waals surface area contributed by atoms with Crippen LogP contribution in [-0.2, 0) is 151 Å². The molecule has 0 heterocycles. The molecule has 9 aliphatic rings. The molecule has 0 aliphatic heterocycles. The first-order chi connectivity index (χ1) is 32.7. The van der Waals surface area contributed by atoms with Gasteiger partial charge in [0.05, 0.1) is 0 Å². The summed E-state index contributed by atoms with van der Waals surface area (Å²) in [6.07, 6.45) is 88.3. The Bertz CT molecular complexity index is 1410. The van der Waals surface area contributed by atoms with Gasteiger partial charge in [0.1, 0.15) is 0 Å². The molecule has 0 aromatic carbocycles. The smallest absolute Gasteiger partial charge is 0.273 e. The maximum atomic E-state index is 10.4. The molecule has 9 aliphatic carbocycles. The Morgan fingerprint density at radius 2 is 0.308 bits per heavy atom. The molecule has 9 radical (unpaired) electrons. The van der Waals surface area contributed by atoms with E-state index >= 15 is 0 Å². The zero-order chi connectivity index (χ0) is 52.4. The average molecular weight is 1530 g/mol. The quantitative estimate of drug-likeness (QED) is 0.199. The van der Waals surface area contributed by atoms with E-state index in [0.717, 1.165) is 57.8 Å². The van der Waals surface area contributed by atoms with E-state index in [-0.39, 0.29) is 188 Å². The van der Waals surface area contributed by atoms with Gasteiger partial charge in [-0.15, -0.1) is 57.8 Å². The van der Waals surface area contributed by atoms with Gasteiger partial charge in [-0.25, -0.2) is 109 Å². The van der Waals surface area contributed by atoms with Crippen LogP contribution in [0.25, 0.3) is 0 Å². The first kappa shape index (κ1) is 107. The van der Waals surface area contributed by atoms with Gasteiger partial charge in [-0.3, -0.25) is 54.7 Å². The fraction of sp³-hybridized carbons (Fsp3) is 0.368. The molecule has 0 unspecified atom stereocenters. The van der Waals surface area contributed by atoms with E-state index in [1.165, 1.54) is 41.5 Å². The van der Waals surface area contributed by atoms with Crippen molar-refractivity contribution in [2.24, 2.45) is 0 Å². The van der Waals surface area contributed by atoms with Crippen LogP contribution < -0.4 is 44.0 Å². The van der Waals surface area contributed by atoms with Gasteiger partial charge < -0.3 is 0 Å². The zero-order valence-corrected chi connectivity index (χ0v) is 56.8. The molecule has 9 rings (SSSR count). The summed E-state index contributed by atoms with van der Waals surface area (Å²) in [4.78, 5) is 93.9. The minimum atomic E-state index is -4.85. The van der Waals surface area contributed by atoms with Crippen LogP contribution in [0.1, 0.15) is 99.3 Å². The Kier molecular flexibility index (Phi) is 94.0. The van der Waals surface area contributed by atoms with Gasteiger partial charge in [-0.05, 0) is 0 Å². The molecule has 0 saturated heterocycles. The number of hydrogen-bond acceptors (Lipinski definition) is 9. The summed E-state index contributed by atoms with van der Waals surface area (Å²) in [6.45, 7) is 8.22. The molecule has 0 saturated carbocycles. The standard InChI is InChI=1S/9C5H5.3C4H10O3P.9Co/c9*1-2-4-5-3-1;3*1-3-8(5,6,7)4-2;;;;;;;;;/h9*1-3H,4H2;3*3-4H2,1-2H3;;;;;;;;;/q9*-1;3*-3;9*+2. The van der Waals surface area contributed by atoms with Crippen LogP contribution in [-0.4, -0.2) is 37.0 Å². The monoisotopic (exact) mass is 1530 g/mol. The van der Waals surface area contributed by atoms with E-state index in [1.807, 2.05) is 109 Å². The van der Waals surface area contributed by atoms with Gasteiger partial charge in [0, 0.05) is 0 Å². The molecule has 9 nitrogen and oxygen atoms in total. The van der Waals surface area contributed by atoms with E-state index < -0.39 is 21.9 Å². The van der Waals surface area contributed by atoms with Crippen molar-refractivity contribution < 1.29 is 195 Å². The Balaban J connectivity index is -0.0000000605. The molecule has 0 aromatic rings. The molecule has 0 N–H and O–H groups in total. The summed E-state index contributed by atoms with van der Waals surface area (Å²) in [5, 5.41) is 0. The number of hydrogen-bond donors (Lipinski definition) is 0. The molecule has 78 heavy (non-hydrogen) atoms. The molecule has 0 atom stereocenters. The average Bonchev–Trinajstić information content (AvgIpc) is 4.21. The second-order valence-electron chi connectivity index (χ2n) is 14.6. The van der Waals surface area contributed by atoms with E-state index in [2.05, 4.69) is 109 Å². The van der Waals surface area contributed by atoms with Crippen LogP contribution >= 0.6 is 21.9 Å². The van der Waals surface area contributed by atoms with Crippen LogP contribution in [0.4, 0.5) is 0 Å². The molecular formula is C57H75Co9O9P3. The number of allylic oxidation sites excluding steroid dienone is 36. The number of rotatable bonds is 6. The Morgan fingerprint density at radius 1 is 0.218 bits per heavy atom. The summed E-state index contributed by atoms with van der Waals surface area (Å²) < 4.78 is 0. The van der Waals surface area contributed by atoms with Crippen molar-refractivity contribution in [1.82, 2.24) is 0 Å². The van der Waals surface area contributed by atoms with Crippen molar-refractivity contribution in [2.75, 3.05) is 37.0 Å². The van der Waals surface area contributed by atoms with E-state index in [4.69, 9.17) is 0 Å². The van der Waals surface area contributed by atoms with E-state index in [0.29, 0.717) is 0 Å². The Morgan fingerprint density at radius 3 is 0.321 bits per heavy atom. The first-order valence-corrected chi connectivity index (χ1v) is 30.3.